The van der Waals surface area contributed by atoms with E-state index in [-0.39, 0.29) is 18.4 Å². The number of hydrogen-bond acceptors (Lipinski definition) is 6. The van der Waals surface area contributed by atoms with E-state index < -0.39 is 0 Å². The predicted octanol–water partition coefficient (Wildman–Crippen LogP) is 6.78. The normalized spacial score (nSPS) is 19.8. The number of ether oxygens (including phenoxy) is 2. The summed E-state index contributed by atoms with van der Waals surface area (Å²) in [5, 5.41) is 0. The second kappa shape index (κ2) is 16.2. The number of benzene rings is 2. The summed E-state index contributed by atoms with van der Waals surface area (Å²) < 4.78 is 10.9. The highest BCUT2D eigenvalue weighted by Gasteiger charge is 2.25. The van der Waals surface area contributed by atoms with E-state index in [4.69, 9.17) is 9.47 Å². The highest BCUT2D eigenvalue weighted by molar-refractivity contribution is 5.96. The number of rotatable bonds is 13. The van der Waals surface area contributed by atoms with Gasteiger partial charge in [0.05, 0.1) is 6.61 Å². The van der Waals surface area contributed by atoms with E-state index in [1.54, 1.807) is 0 Å². The zero-order valence-corrected chi connectivity index (χ0v) is 26.8. The second-order valence-corrected chi connectivity index (χ2v) is 12.8. The van der Waals surface area contributed by atoms with Crippen molar-refractivity contribution < 1.29 is 19.1 Å². The number of nitrogens with zero attached hydrogens (tertiary/aromatic N) is 2. The Kier molecular flexibility index (Phi) is 11.8. The summed E-state index contributed by atoms with van der Waals surface area (Å²) in [6.07, 6.45) is 12.3. The lowest BCUT2D eigenvalue weighted by atomic mass is 9.88. The van der Waals surface area contributed by atoms with E-state index in [0.29, 0.717) is 24.9 Å². The Bertz CT molecular complexity index is 1310. The van der Waals surface area contributed by atoms with Gasteiger partial charge in [-0.15, -0.1) is 0 Å². The molecule has 1 fully saturated rings. The molecule has 1 saturated heterocycles. The van der Waals surface area contributed by atoms with Crippen molar-refractivity contribution in [2.45, 2.75) is 71.8 Å². The first-order valence-electron chi connectivity index (χ1n) is 16.8. The standard InChI is InChI=1S/C38H50N2O4/c1-3-43-38(42)28-44-37-14-7-9-29(2)35(37)27-40-21-17-30(18-22-40)12-8-13-36(41)34-16-15-32-19-23-39(24-20-33(32)25-34)26-31-10-5-4-6-11-31/h4-7,10-11,14-16,25,29-30H,3,8-9,12-13,17-24,26-28H2,1-2H3. The van der Waals surface area contributed by atoms with E-state index in [9.17, 15) is 9.59 Å². The Morgan fingerprint density at radius 2 is 1.66 bits per heavy atom. The van der Waals surface area contributed by atoms with Gasteiger partial charge in [-0.25, -0.2) is 4.79 Å². The van der Waals surface area contributed by atoms with Crippen molar-refractivity contribution in [1.29, 1.82) is 0 Å². The highest BCUT2D eigenvalue weighted by atomic mass is 16.6. The molecule has 2 aliphatic heterocycles. The minimum atomic E-state index is -0.321. The molecule has 1 aliphatic carbocycles. The fraction of sp³-hybridized carbons (Fsp3) is 0.526. The number of hydrogen-bond donors (Lipinski definition) is 0. The van der Waals surface area contributed by atoms with Crippen LogP contribution in [0.5, 0.6) is 0 Å². The Labute approximate surface area is 264 Å². The lowest BCUT2D eigenvalue weighted by molar-refractivity contribution is -0.146. The summed E-state index contributed by atoms with van der Waals surface area (Å²) in [4.78, 5) is 30.0. The van der Waals surface area contributed by atoms with Gasteiger partial charge in [0.25, 0.3) is 0 Å². The molecule has 6 nitrogen and oxygen atoms in total. The molecule has 3 aliphatic rings. The van der Waals surface area contributed by atoms with Crippen molar-refractivity contribution in [1.82, 2.24) is 9.80 Å². The minimum Gasteiger partial charge on any atom is -0.482 e. The van der Waals surface area contributed by atoms with Gasteiger partial charge in [-0.1, -0.05) is 55.5 Å². The average molecular weight is 599 g/mol. The third-order valence-electron chi connectivity index (χ3n) is 9.61. The molecule has 1 unspecified atom stereocenters. The van der Waals surface area contributed by atoms with Crippen LogP contribution in [-0.4, -0.2) is 67.5 Å². The molecule has 2 heterocycles. The average Bonchev–Trinajstić information content (AvgIpc) is 3.24. The van der Waals surface area contributed by atoms with Crippen LogP contribution >= 0.6 is 0 Å². The third kappa shape index (κ3) is 9.15. The van der Waals surface area contributed by atoms with Gasteiger partial charge in [0.2, 0.25) is 0 Å². The minimum absolute atomic E-state index is 0.0383. The Morgan fingerprint density at radius 3 is 2.43 bits per heavy atom. The van der Waals surface area contributed by atoms with Gasteiger partial charge in [0.1, 0.15) is 5.76 Å². The molecule has 2 aromatic rings. The molecule has 0 amide bonds. The van der Waals surface area contributed by atoms with Crippen LogP contribution in [-0.2, 0) is 33.7 Å². The molecule has 6 heteroatoms. The summed E-state index contributed by atoms with van der Waals surface area (Å²) in [5.41, 5.74) is 6.28. The molecule has 44 heavy (non-hydrogen) atoms. The Balaban J connectivity index is 1.04. The van der Waals surface area contributed by atoms with Crippen LogP contribution in [0.15, 0.2) is 72.0 Å². The van der Waals surface area contributed by atoms with Crippen LogP contribution in [0, 0.1) is 11.8 Å². The number of carbonyl (C=O) groups excluding carboxylic acids is 2. The number of Topliss-reactive ketones (excluding diaryl/α,β-unsaturated/α-hetero) is 1. The van der Waals surface area contributed by atoms with Gasteiger partial charge < -0.3 is 9.47 Å². The van der Waals surface area contributed by atoms with Gasteiger partial charge in [0.15, 0.2) is 12.4 Å². The van der Waals surface area contributed by atoms with Crippen molar-refractivity contribution in [3.63, 3.8) is 0 Å². The van der Waals surface area contributed by atoms with Gasteiger partial charge in [-0.05, 0) is 111 Å². The summed E-state index contributed by atoms with van der Waals surface area (Å²) in [5.74, 6) is 1.89. The van der Waals surface area contributed by atoms with E-state index in [1.807, 2.05) is 13.0 Å². The topological polar surface area (TPSA) is 59.1 Å². The molecule has 1 atom stereocenters. The number of allylic oxidation sites excluding steroid dienone is 2. The molecular formula is C38H50N2O4. The fourth-order valence-electron chi connectivity index (χ4n) is 6.90. The largest absolute Gasteiger partial charge is 0.482 e. The SMILES string of the molecule is CCOC(=O)COC1=C(CN2CCC(CCCC(=O)c3ccc4c(c3)CCN(Cc3ccccc3)CC4)CC2)C(C)CC=C1. The Morgan fingerprint density at radius 1 is 0.909 bits per heavy atom. The van der Waals surface area contributed by atoms with E-state index in [2.05, 4.69) is 71.3 Å². The number of likely N-dealkylation sites (tertiary alicyclic amines) is 1. The number of fused-ring (bicyclic) bond motifs is 1. The summed E-state index contributed by atoms with van der Waals surface area (Å²) in [6.45, 7) is 10.5. The molecule has 0 bridgehead atoms. The van der Waals surface area contributed by atoms with E-state index in [0.717, 1.165) is 82.7 Å². The predicted molar refractivity (Wildman–Crippen MR) is 175 cm³/mol. The van der Waals surface area contributed by atoms with E-state index in [1.165, 1.54) is 35.1 Å². The number of ketones is 1. The molecule has 0 saturated carbocycles. The number of esters is 1. The van der Waals surface area contributed by atoms with Gasteiger partial charge in [0, 0.05) is 38.2 Å². The van der Waals surface area contributed by atoms with Crippen LogP contribution in [0.1, 0.15) is 79.4 Å². The second-order valence-electron chi connectivity index (χ2n) is 12.8. The zero-order valence-electron chi connectivity index (χ0n) is 26.8. The summed E-state index contributed by atoms with van der Waals surface area (Å²) in [6, 6.07) is 17.2. The van der Waals surface area contributed by atoms with Crippen LogP contribution in [0.25, 0.3) is 0 Å². The molecule has 0 spiro atoms. The lowest BCUT2D eigenvalue weighted by Crippen LogP contribution is -2.36. The van der Waals surface area contributed by atoms with Crippen molar-refractivity contribution in [3.05, 3.63) is 94.3 Å². The quantitative estimate of drug-likeness (QED) is 0.187. The van der Waals surface area contributed by atoms with Crippen LogP contribution < -0.4 is 0 Å². The molecular weight excluding hydrogens is 548 g/mol. The molecule has 2 aromatic carbocycles. The monoisotopic (exact) mass is 598 g/mol. The summed E-state index contributed by atoms with van der Waals surface area (Å²) in [7, 11) is 0. The first kappa shape index (κ1) is 32.2. The molecule has 5 rings (SSSR count). The maximum atomic E-state index is 13.2. The number of carbonyl (C=O) groups is 2. The molecule has 0 aromatic heterocycles. The highest BCUT2D eigenvalue weighted by Crippen LogP contribution is 2.30. The molecule has 236 valence electrons. The Hall–Kier alpha value is -3.22. The van der Waals surface area contributed by atoms with Gasteiger partial charge in [-0.3, -0.25) is 14.6 Å². The van der Waals surface area contributed by atoms with Crippen LogP contribution in [0.2, 0.25) is 0 Å². The number of piperidine rings is 1. The fourth-order valence-corrected chi connectivity index (χ4v) is 6.90. The first-order chi connectivity index (χ1) is 21.5. The molecule has 0 radical (unpaired) electrons. The van der Waals surface area contributed by atoms with E-state index >= 15 is 0 Å². The summed E-state index contributed by atoms with van der Waals surface area (Å²) >= 11 is 0. The van der Waals surface area contributed by atoms with Gasteiger partial charge >= 0.3 is 5.97 Å². The first-order valence-corrected chi connectivity index (χ1v) is 16.8. The van der Waals surface area contributed by atoms with Crippen LogP contribution in [0.4, 0.5) is 0 Å². The maximum Gasteiger partial charge on any atom is 0.344 e. The van der Waals surface area contributed by atoms with Crippen molar-refractivity contribution >= 4 is 11.8 Å². The molecule has 0 N–H and O–H groups in total. The van der Waals surface area contributed by atoms with Crippen molar-refractivity contribution in [3.8, 4) is 0 Å². The van der Waals surface area contributed by atoms with Crippen LogP contribution in [0.3, 0.4) is 0 Å². The third-order valence-corrected chi connectivity index (χ3v) is 9.61. The lowest BCUT2D eigenvalue weighted by Gasteiger charge is -2.34. The van der Waals surface area contributed by atoms with Gasteiger partial charge in [-0.2, -0.15) is 0 Å². The smallest absolute Gasteiger partial charge is 0.344 e. The van der Waals surface area contributed by atoms with Crippen molar-refractivity contribution in [2.24, 2.45) is 11.8 Å². The zero-order chi connectivity index (χ0) is 30.7. The van der Waals surface area contributed by atoms with Crippen molar-refractivity contribution in [2.75, 3.05) is 45.9 Å². The maximum absolute atomic E-state index is 13.2.